The van der Waals surface area contributed by atoms with Crippen molar-refractivity contribution in [3.63, 3.8) is 0 Å². The molecule has 94 valence electrons. The van der Waals surface area contributed by atoms with E-state index in [0.717, 1.165) is 13.1 Å². The van der Waals surface area contributed by atoms with Crippen LogP contribution in [0.15, 0.2) is 17.0 Å². The van der Waals surface area contributed by atoms with E-state index in [1.165, 1.54) is 46.5 Å². The number of nitrogens with zero attached hydrogens (tertiary/aromatic N) is 1. The van der Waals surface area contributed by atoms with Gasteiger partial charge in [-0.1, -0.05) is 0 Å². The quantitative estimate of drug-likeness (QED) is 0.782. The Bertz CT molecular complexity index is 627. The van der Waals surface area contributed by atoms with Crippen molar-refractivity contribution in [3.8, 4) is 0 Å². The van der Waals surface area contributed by atoms with Gasteiger partial charge in [-0.3, -0.25) is 0 Å². The number of aryl methyl sites for hydroxylation is 2. The lowest BCUT2D eigenvalue weighted by atomic mass is 10.1. The molecule has 0 spiro atoms. The summed E-state index contributed by atoms with van der Waals surface area (Å²) in [6.07, 6.45) is 2.37. The van der Waals surface area contributed by atoms with E-state index in [4.69, 9.17) is 0 Å². The highest BCUT2D eigenvalue weighted by Crippen LogP contribution is 2.39. The second kappa shape index (κ2) is 4.04. The SMILES string of the molecule is Cc1cc2c3c(c1)c1c(n3CCS2)CCNCC1. The van der Waals surface area contributed by atoms with E-state index in [9.17, 15) is 0 Å². The maximum absolute atomic E-state index is 3.53. The van der Waals surface area contributed by atoms with Gasteiger partial charge >= 0.3 is 0 Å². The molecule has 3 heteroatoms. The van der Waals surface area contributed by atoms with E-state index in [1.807, 2.05) is 11.8 Å². The van der Waals surface area contributed by atoms with E-state index in [2.05, 4.69) is 28.9 Å². The third kappa shape index (κ3) is 1.47. The number of thioether (sulfide) groups is 1. The molecule has 0 amide bonds. The van der Waals surface area contributed by atoms with Crippen molar-refractivity contribution in [2.45, 2.75) is 31.2 Å². The summed E-state index contributed by atoms with van der Waals surface area (Å²) >= 11 is 2.03. The molecule has 1 aromatic heterocycles. The van der Waals surface area contributed by atoms with Gasteiger partial charge in [-0.2, -0.15) is 0 Å². The van der Waals surface area contributed by atoms with Gasteiger partial charge in [0, 0.05) is 41.2 Å². The van der Waals surface area contributed by atoms with Crippen molar-refractivity contribution in [2.24, 2.45) is 0 Å². The van der Waals surface area contributed by atoms with Crippen molar-refractivity contribution in [3.05, 3.63) is 29.0 Å². The summed E-state index contributed by atoms with van der Waals surface area (Å²) in [6.45, 7) is 5.67. The normalized spacial score (nSPS) is 18.7. The van der Waals surface area contributed by atoms with Gasteiger partial charge in [0.25, 0.3) is 0 Å². The Morgan fingerprint density at radius 2 is 2.11 bits per heavy atom. The lowest BCUT2D eigenvalue weighted by Gasteiger charge is -2.18. The fourth-order valence-electron chi connectivity index (χ4n) is 3.42. The molecule has 2 aliphatic rings. The molecule has 0 saturated heterocycles. The topological polar surface area (TPSA) is 17.0 Å². The molecule has 2 nitrogen and oxygen atoms in total. The number of hydrogen-bond acceptors (Lipinski definition) is 2. The van der Waals surface area contributed by atoms with E-state index in [0.29, 0.717) is 0 Å². The molecule has 2 aromatic rings. The monoisotopic (exact) mass is 258 g/mol. The Labute approximate surface area is 112 Å². The van der Waals surface area contributed by atoms with Crippen molar-refractivity contribution in [2.75, 3.05) is 18.8 Å². The zero-order chi connectivity index (χ0) is 12.1. The minimum atomic E-state index is 1.13. The van der Waals surface area contributed by atoms with Crippen LogP contribution >= 0.6 is 11.8 Å². The summed E-state index contributed by atoms with van der Waals surface area (Å²) in [5.41, 5.74) is 6.14. The summed E-state index contributed by atoms with van der Waals surface area (Å²) in [6, 6.07) is 4.76. The molecule has 0 radical (unpaired) electrons. The van der Waals surface area contributed by atoms with Crippen molar-refractivity contribution >= 4 is 22.7 Å². The van der Waals surface area contributed by atoms with Gasteiger partial charge in [-0.15, -0.1) is 11.8 Å². The van der Waals surface area contributed by atoms with Crippen molar-refractivity contribution < 1.29 is 0 Å². The highest BCUT2D eigenvalue weighted by Gasteiger charge is 2.23. The van der Waals surface area contributed by atoms with Gasteiger partial charge in [0.1, 0.15) is 0 Å². The molecule has 4 rings (SSSR count). The summed E-state index contributed by atoms with van der Waals surface area (Å²) in [7, 11) is 0. The molecule has 18 heavy (non-hydrogen) atoms. The van der Waals surface area contributed by atoms with Crippen LogP contribution in [0.1, 0.15) is 16.8 Å². The fraction of sp³-hybridized carbons (Fsp3) is 0.467. The Morgan fingerprint density at radius 1 is 1.22 bits per heavy atom. The lowest BCUT2D eigenvalue weighted by molar-refractivity contribution is 0.682. The van der Waals surface area contributed by atoms with Gasteiger partial charge in [-0.05, 0) is 43.1 Å². The third-order valence-corrected chi connectivity index (χ3v) is 5.16. The zero-order valence-electron chi connectivity index (χ0n) is 10.8. The first-order chi connectivity index (χ1) is 8.84. The van der Waals surface area contributed by atoms with Crippen LogP contribution in [-0.2, 0) is 19.4 Å². The molecule has 1 aromatic carbocycles. The molecular formula is C15H18N2S. The first kappa shape index (κ1) is 10.9. The molecule has 0 atom stereocenters. The van der Waals surface area contributed by atoms with E-state index in [-0.39, 0.29) is 0 Å². The number of fused-ring (bicyclic) bond motifs is 3. The van der Waals surface area contributed by atoms with E-state index < -0.39 is 0 Å². The molecule has 0 unspecified atom stereocenters. The zero-order valence-corrected chi connectivity index (χ0v) is 11.6. The molecule has 0 bridgehead atoms. The second-order valence-corrected chi connectivity index (χ2v) is 6.47. The average molecular weight is 258 g/mol. The van der Waals surface area contributed by atoms with E-state index in [1.54, 1.807) is 11.3 Å². The summed E-state index contributed by atoms with van der Waals surface area (Å²) in [4.78, 5) is 1.50. The number of rotatable bonds is 0. The van der Waals surface area contributed by atoms with Gasteiger partial charge < -0.3 is 9.88 Å². The lowest BCUT2D eigenvalue weighted by Crippen LogP contribution is -2.18. The van der Waals surface area contributed by atoms with Crippen LogP contribution in [0.5, 0.6) is 0 Å². The fourth-order valence-corrected chi connectivity index (χ4v) is 4.54. The maximum Gasteiger partial charge on any atom is 0.0624 e. The molecule has 0 fully saturated rings. The van der Waals surface area contributed by atoms with E-state index >= 15 is 0 Å². The van der Waals surface area contributed by atoms with Crippen LogP contribution < -0.4 is 5.32 Å². The maximum atomic E-state index is 3.53. The molecule has 0 saturated carbocycles. The Kier molecular flexibility index (Phi) is 2.45. The number of hydrogen-bond donors (Lipinski definition) is 1. The van der Waals surface area contributed by atoms with Gasteiger partial charge in [0.15, 0.2) is 0 Å². The van der Waals surface area contributed by atoms with Crippen LogP contribution in [0.2, 0.25) is 0 Å². The Morgan fingerprint density at radius 3 is 3.06 bits per heavy atom. The molecule has 3 heterocycles. The van der Waals surface area contributed by atoms with Crippen LogP contribution in [0.25, 0.3) is 10.9 Å². The predicted octanol–water partition coefficient (Wildman–Crippen LogP) is 2.74. The minimum Gasteiger partial charge on any atom is -0.343 e. The smallest absolute Gasteiger partial charge is 0.0624 e. The highest BCUT2D eigenvalue weighted by molar-refractivity contribution is 7.99. The third-order valence-electron chi connectivity index (χ3n) is 4.15. The Hall–Kier alpha value is -0.930. The summed E-state index contributed by atoms with van der Waals surface area (Å²) < 4.78 is 2.60. The summed E-state index contributed by atoms with van der Waals surface area (Å²) in [5, 5.41) is 5.05. The van der Waals surface area contributed by atoms with Gasteiger partial charge in [-0.25, -0.2) is 0 Å². The number of aromatic nitrogens is 1. The second-order valence-electron chi connectivity index (χ2n) is 5.33. The average Bonchev–Trinajstić information content (AvgIpc) is 2.55. The summed E-state index contributed by atoms with van der Waals surface area (Å²) in [5.74, 6) is 1.22. The van der Waals surface area contributed by atoms with Gasteiger partial charge in [0.2, 0.25) is 0 Å². The predicted molar refractivity (Wildman–Crippen MR) is 77.7 cm³/mol. The van der Waals surface area contributed by atoms with Crippen molar-refractivity contribution in [1.29, 1.82) is 0 Å². The molecular weight excluding hydrogens is 240 g/mol. The van der Waals surface area contributed by atoms with Crippen LogP contribution in [0.4, 0.5) is 0 Å². The molecule has 2 aliphatic heterocycles. The minimum absolute atomic E-state index is 1.13. The Balaban J connectivity index is 2.10. The van der Waals surface area contributed by atoms with Crippen LogP contribution in [0, 0.1) is 6.92 Å². The first-order valence-corrected chi connectivity index (χ1v) is 7.81. The molecule has 0 aliphatic carbocycles. The molecule has 1 N–H and O–H groups in total. The number of benzene rings is 1. The van der Waals surface area contributed by atoms with Crippen molar-refractivity contribution in [1.82, 2.24) is 9.88 Å². The number of nitrogens with one attached hydrogen (secondary N) is 1. The highest BCUT2D eigenvalue weighted by atomic mass is 32.2. The van der Waals surface area contributed by atoms with Gasteiger partial charge in [0.05, 0.1) is 5.52 Å². The largest absolute Gasteiger partial charge is 0.343 e. The van der Waals surface area contributed by atoms with Crippen LogP contribution in [-0.4, -0.2) is 23.4 Å². The first-order valence-electron chi connectivity index (χ1n) is 6.83. The van der Waals surface area contributed by atoms with Crippen LogP contribution in [0.3, 0.4) is 0 Å². The standard InChI is InChI=1S/C15H18N2S/c1-10-8-12-11-2-4-16-5-3-13(11)17-6-7-18-14(9-10)15(12)17/h8-9,16H,2-7H2,1H3.